The molecule has 78 valence electrons. The van der Waals surface area contributed by atoms with Crippen LogP contribution >= 0.6 is 11.6 Å². The van der Waals surface area contributed by atoms with Crippen molar-refractivity contribution in [3.63, 3.8) is 0 Å². The van der Waals surface area contributed by atoms with Gasteiger partial charge in [0.05, 0.1) is 16.9 Å². The Balaban J connectivity index is 2.23. The van der Waals surface area contributed by atoms with Crippen LogP contribution in [0.15, 0.2) is 49.1 Å². The van der Waals surface area contributed by atoms with E-state index in [0.717, 1.165) is 16.9 Å². The molecule has 0 radical (unpaired) electrons. The first-order valence-corrected chi connectivity index (χ1v) is 5.26. The molecule has 4 heteroatoms. The molecule has 1 aromatic carbocycles. The summed E-state index contributed by atoms with van der Waals surface area (Å²) in [5.74, 6) is 0. The molecule has 0 unspecified atom stereocenters. The standard InChI is InChI=1S/C12H8ClN3/c13-10-4-2-1-3-9(10)11-8-16-6-5-14-7-12(16)15-11/h1-8H. The van der Waals surface area contributed by atoms with E-state index >= 15 is 0 Å². The fourth-order valence-corrected chi connectivity index (χ4v) is 1.87. The molecule has 0 fully saturated rings. The van der Waals surface area contributed by atoms with Gasteiger partial charge in [-0.15, -0.1) is 0 Å². The summed E-state index contributed by atoms with van der Waals surface area (Å²) in [5, 5.41) is 0.707. The molecular weight excluding hydrogens is 222 g/mol. The zero-order chi connectivity index (χ0) is 11.0. The van der Waals surface area contributed by atoms with Crippen LogP contribution in [0.4, 0.5) is 0 Å². The van der Waals surface area contributed by atoms with Crippen molar-refractivity contribution in [3.8, 4) is 11.3 Å². The number of aromatic nitrogens is 3. The van der Waals surface area contributed by atoms with E-state index in [0.29, 0.717) is 5.02 Å². The molecular formula is C12H8ClN3. The lowest BCUT2D eigenvalue weighted by Crippen LogP contribution is -1.81. The molecule has 0 N–H and O–H groups in total. The lowest BCUT2D eigenvalue weighted by Gasteiger charge is -1.97. The van der Waals surface area contributed by atoms with E-state index in [9.17, 15) is 0 Å². The fourth-order valence-electron chi connectivity index (χ4n) is 1.64. The SMILES string of the molecule is Clc1ccccc1-c1cn2ccncc2n1. The Morgan fingerprint density at radius 3 is 2.88 bits per heavy atom. The van der Waals surface area contributed by atoms with E-state index < -0.39 is 0 Å². The Bertz CT molecular complexity index is 612. The highest BCUT2D eigenvalue weighted by Gasteiger charge is 2.06. The summed E-state index contributed by atoms with van der Waals surface area (Å²) in [6.45, 7) is 0. The monoisotopic (exact) mass is 229 g/mol. The molecule has 2 heterocycles. The van der Waals surface area contributed by atoms with Crippen molar-refractivity contribution >= 4 is 17.2 Å². The molecule has 0 saturated carbocycles. The van der Waals surface area contributed by atoms with E-state index in [4.69, 9.17) is 11.6 Å². The maximum Gasteiger partial charge on any atom is 0.155 e. The van der Waals surface area contributed by atoms with Crippen molar-refractivity contribution in [1.82, 2.24) is 14.4 Å². The van der Waals surface area contributed by atoms with Gasteiger partial charge in [-0.2, -0.15) is 0 Å². The third-order valence-electron chi connectivity index (χ3n) is 2.41. The minimum absolute atomic E-state index is 0.707. The first-order chi connectivity index (χ1) is 7.84. The molecule has 3 nitrogen and oxygen atoms in total. The van der Waals surface area contributed by atoms with Crippen LogP contribution < -0.4 is 0 Å². The number of hydrogen-bond donors (Lipinski definition) is 0. The van der Waals surface area contributed by atoms with Gasteiger partial charge in [-0.05, 0) is 6.07 Å². The van der Waals surface area contributed by atoms with Gasteiger partial charge in [-0.3, -0.25) is 4.98 Å². The molecule has 0 aliphatic carbocycles. The summed E-state index contributed by atoms with van der Waals surface area (Å²) in [7, 11) is 0. The number of nitrogens with zero attached hydrogens (tertiary/aromatic N) is 3. The molecule has 0 amide bonds. The zero-order valence-electron chi connectivity index (χ0n) is 8.34. The number of benzene rings is 1. The summed E-state index contributed by atoms with van der Waals surface area (Å²) in [6, 6.07) is 7.67. The highest BCUT2D eigenvalue weighted by molar-refractivity contribution is 6.33. The smallest absolute Gasteiger partial charge is 0.155 e. The predicted octanol–water partition coefficient (Wildman–Crippen LogP) is 3.05. The molecule has 3 rings (SSSR count). The average molecular weight is 230 g/mol. The Morgan fingerprint density at radius 1 is 1.19 bits per heavy atom. The largest absolute Gasteiger partial charge is 0.304 e. The first kappa shape index (κ1) is 9.36. The van der Waals surface area contributed by atoms with Crippen LogP contribution in [0.25, 0.3) is 16.9 Å². The molecule has 0 bridgehead atoms. The second kappa shape index (κ2) is 3.61. The van der Waals surface area contributed by atoms with Crippen molar-refractivity contribution < 1.29 is 0 Å². The van der Waals surface area contributed by atoms with E-state index in [-0.39, 0.29) is 0 Å². The second-order valence-corrected chi connectivity index (χ2v) is 3.85. The highest BCUT2D eigenvalue weighted by atomic mass is 35.5. The van der Waals surface area contributed by atoms with Crippen LogP contribution in [0.1, 0.15) is 0 Å². The summed E-state index contributed by atoms with van der Waals surface area (Å²) in [6.07, 6.45) is 7.26. The van der Waals surface area contributed by atoms with Crippen LogP contribution in [0, 0.1) is 0 Å². The summed E-state index contributed by atoms with van der Waals surface area (Å²) in [4.78, 5) is 8.49. The summed E-state index contributed by atoms with van der Waals surface area (Å²) in [5.41, 5.74) is 2.61. The van der Waals surface area contributed by atoms with Crippen molar-refractivity contribution in [2.24, 2.45) is 0 Å². The van der Waals surface area contributed by atoms with Crippen molar-refractivity contribution in [2.45, 2.75) is 0 Å². The van der Waals surface area contributed by atoms with Gasteiger partial charge in [-0.1, -0.05) is 29.8 Å². The number of rotatable bonds is 1. The molecule has 0 atom stereocenters. The van der Waals surface area contributed by atoms with Gasteiger partial charge in [0.2, 0.25) is 0 Å². The summed E-state index contributed by atoms with van der Waals surface area (Å²) >= 11 is 6.12. The van der Waals surface area contributed by atoms with E-state index in [1.807, 2.05) is 41.1 Å². The lowest BCUT2D eigenvalue weighted by molar-refractivity contribution is 1.13. The van der Waals surface area contributed by atoms with Crippen LogP contribution in [-0.2, 0) is 0 Å². The Labute approximate surface area is 97.3 Å². The maximum atomic E-state index is 6.12. The lowest BCUT2D eigenvalue weighted by atomic mass is 10.2. The number of imidazole rings is 1. The number of halogens is 1. The third kappa shape index (κ3) is 1.46. The molecule has 0 saturated heterocycles. The minimum Gasteiger partial charge on any atom is -0.304 e. The van der Waals surface area contributed by atoms with Gasteiger partial charge >= 0.3 is 0 Å². The van der Waals surface area contributed by atoms with Gasteiger partial charge < -0.3 is 4.40 Å². The minimum atomic E-state index is 0.707. The van der Waals surface area contributed by atoms with Crippen LogP contribution in [0.3, 0.4) is 0 Å². The molecule has 0 aliphatic rings. The molecule has 2 aromatic heterocycles. The molecule has 3 aromatic rings. The van der Waals surface area contributed by atoms with Gasteiger partial charge in [0.25, 0.3) is 0 Å². The Hall–Kier alpha value is -1.87. The Kier molecular flexibility index (Phi) is 2.11. The normalized spacial score (nSPS) is 10.8. The van der Waals surface area contributed by atoms with Crippen LogP contribution in [-0.4, -0.2) is 14.4 Å². The van der Waals surface area contributed by atoms with E-state index in [1.54, 1.807) is 12.4 Å². The molecule has 0 spiro atoms. The van der Waals surface area contributed by atoms with Gasteiger partial charge in [0.1, 0.15) is 0 Å². The van der Waals surface area contributed by atoms with Crippen molar-refractivity contribution in [1.29, 1.82) is 0 Å². The first-order valence-electron chi connectivity index (χ1n) is 4.88. The summed E-state index contributed by atoms with van der Waals surface area (Å²) < 4.78 is 1.92. The predicted molar refractivity (Wildman–Crippen MR) is 63.4 cm³/mol. The topological polar surface area (TPSA) is 30.2 Å². The second-order valence-electron chi connectivity index (χ2n) is 3.45. The molecule has 16 heavy (non-hydrogen) atoms. The number of hydrogen-bond acceptors (Lipinski definition) is 2. The maximum absolute atomic E-state index is 6.12. The van der Waals surface area contributed by atoms with E-state index in [1.165, 1.54) is 0 Å². The van der Waals surface area contributed by atoms with Crippen LogP contribution in [0.2, 0.25) is 5.02 Å². The average Bonchev–Trinajstić information content (AvgIpc) is 2.73. The highest BCUT2D eigenvalue weighted by Crippen LogP contribution is 2.26. The van der Waals surface area contributed by atoms with Gasteiger partial charge in [0.15, 0.2) is 5.65 Å². The van der Waals surface area contributed by atoms with Crippen molar-refractivity contribution in [2.75, 3.05) is 0 Å². The van der Waals surface area contributed by atoms with Crippen molar-refractivity contribution in [3.05, 3.63) is 54.1 Å². The third-order valence-corrected chi connectivity index (χ3v) is 2.74. The van der Waals surface area contributed by atoms with Gasteiger partial charge in [-0.25, -0.2) is 4.98 Å². The van der Waals surface area contributed by atoms with Gasteiger partial charge in [0, 0.05) is 24.2 Å². The van der Waals surface area contributed by atoms with Crippen LogP contribution in [0.5, 0.6) is 0 Å². The van der Waals surface area contributed by atoms with E-state index in [2.05, 4.69) is 9.97 Å². The fraction of sp³-hybridized carbons (Fsp3) is 0. The Morgan fingerprint density at radius 2 is 2.06 bits per heavy atom. The zero-order valence-corrected chi connectivity index (χ0v) is 9.09. The quantitative estimate of drug-likeness (QED) is 0.642. The molecule has 0 aliphatic heterocycles. The number of fused-ring (bicyclic) bond motifs is 1.